The molecule has 1 aromatic rings. The van der Waals surface area contributed by atoms with Gasteiger partial charge in [-0.3, -0.25) is 0 Å². The van der Waals surface area contributed by atoms with E-state index in [1.165, 1.54) is 0 Å². The first-order chi connectivity index (χ1) is 10.0. The Morgan fingerprint density at radius 2 is 1.90 bits per heavy atom. The molecule has 0 amide bonds. The Labute approximate surface area is 126 Å². The number of rotatable bonds is 5. The van der Waals surface area contributed by atoms with Gasteiger partial charge in [0.25, 0.3) is 0 Å². The van der Waals surface area contributed by atoms with Crippen molar-refractivity contribution >= 4 is 15.7 Å². The molecule has 21 heavy (non-hydrogen) atoms. The molecule has 1 saturated carbocycles. The molecule has 0 spiro atoms. The SMILES string of the molecule is CC1CCN(c2ccc(S(=O)(=O)NC3CC3)cc2)C1CN. The normalized spacial score (nSPS) is 26.3. The van der Waals surface area contributed by atoms with E-state index < -0.39 is 10.0 Å². The number of anilines is 1. The van der Waals surface area contributed by atoms with Crippen LogP contribution < -0.4 is 15.4 Å². The first-order valence-electron chi connectivity index (χ1n) is 7.60. The lowest BCUT2D eigenvalue weighted by molar-refractivity contribution is 0.519. The van der Waals surface area contributed by atoms with Crippen molar-refractivity contribution < 1.29 is 8.42 Å². The zero-order valence-electron chi connectivity index (χ0n) is 12.3. The summed E-state index contributed by atoms with van der Waals surface area (Å²) in [6.07, 6.45) is 3.02. The van der Waals surface area contributed by atoms with Gasteiger partial charge in [-0.1, -0.05) is 6.92 Å². The number of benzene rings is 1. The molecule has 1 aliphatic carbocycles. The number of sulfonamides is 1. The predicted octanol–water partition coefficient (Wildman–Crippen LogP) is 1.30. The second kappa shape index (κ2) is 5.59. The average molecular weight is 309 g/mol. The minimum absolute atomic E-state index is 0.135. The predicted molar refractivity (Wildman–Crippen MR) is 83.8 cm³/mol. The van der Waals surface area contributed by atoms with Crippen LogP contribution in [-0.2, 0) is 10.0 Å². The van der Waals surface area contributed by atoms with Gasteiger partial charge in [0.05, 0.1) is 4.90 Å². The number of nitrogens with two attached hydrogens (primary N) is 1. The number of nitrogens with zero attached hydrogens (tertiary/aromatic N) is 1. The monoisotopic (exact) mass is 309 g/mol. The summed E-state index contributed by atoms with van der Waals surface area (Å²) in [6.45, 7) is 3.83. The highest BCUT2D eigenvalue weighted by atomic mass is 32.2. The summed E-state index contributed by atoms with van der Waals surface area (Å²) in [7, 11) is -3.36. The van der Waals surface area contributed by atoms with Crippen LogP contribution in [0.3, 0.4) is 0 Å². The Kier molecular flexibility index (Phi) is 3.94. The van der Waals surface area contributed by atoms with Crippen molar-refractivity contribution in [3.8, 4) is 0 Å². The second-order valence-electron chi connectivity index (χ2n) is 6.15. The maximum Gasteiger partial charge on any atom is 0.240 e. The summed E-state index contributed by atoms with van der Waals surface area (Å²) in [5, 5.41) is 0. The summed E-state index contributed by atoms with van der Waals surface area (Å²) in [5.41, 5.74) is 6.92. The molecule has 2 atom stereocenters. The fraction of sp³-hybridized carbons (Fsp3) is 0.600. The fourth-order valence-electron chi connectivity index (χ4n) is 2.99. The molecule has 1 saturated heterocycles. The molecule has 1 aromatic carbocycles. The Morgan fingerprint density at radius 3 is 2.48 bits per heavy atom. The van der Waals surface area contributed by atoms with Crippen LogP contribution in [0.25, 0.3) is 0 Å². The van der Waals surface area contributed by atoms with E-state index in [9.17, 15) is 8.42 Å². The molecule has 2 aliphatic rings. The molecule has 3 rings (SSSR count). The average Bonchev–Trinajstić information content (AvgIpc) is 3.18. The van der Waals surface area contributed by atoms with Gasteiger partial charge >= 0.3 is 0 Å². The van der Waals surface area contributed by atoms with Gasteiger partial charge < -0.3 is 10.6 Å². The van der Waals surface area contributed by atoms with Crippen LogP contribution in [0.15, 0.2) is 29.2 Å². The molecule has 3 N–H and O–H groups in total. The van der Waals surface area contributed by atoms with Crippen LogP contribution in [0.1, 0.15) is 26.2 Å². The smallest absolute Gasteiger partial charge is 0.240 e. The maximum atomic E-state index is 12.1. The van der Waals surface area contributed by atoms with Crippen molar-refractivity contribution in [2.75, 3.05) is 18.0 Å². The Balaban J connectivity index is 1.77. The van der Waals surface area contributed by atoms with Crippen LogP contribution in [0.5, 0.6) is 0 Å². The van der Waals surface area contributed by atoms with E-state index in [2.05, 4.69) is 16.5 Å². The molecular formula is C15H23N3O2S. The van der Waals surface area contributed by atoms with Crippen molar-refractivity contribution in [3.63, 3.8) is 0 Å². The Hall–Kier alpha value is -1.11. The Morgan fingerprint density at radius 1 is 1.24 bits per heavy atom. The van der Waals surface area contributed by atoms with Crippen LogP contribution in [-0.4, -0.2) is 33.6 Å². The van der Waals surface area contributed by atoms with Crippen LogP contribution >= 0.6 is 0 Å². The van der Waals surface area contributed by atoms with E-state index >= 15 is 0 Å². The summed E-state index contributed by atoms with van der Waals surface area (Å²) in [4.78, 5) is 2.63. The lowest BCUT2D eigenvalue weighted by atomic mass is 10.0. The largest absolute Gasteiger partial charge is 0.367 e. The molecule has 5 nitrogen and oxygen atoms in total. The van der Waals surface area contributed by atoms with E-state index in [4.69, 9.17) is 5.73 Å². The molecule has 0 bridgehead atoms. The molecule has 1 heterocycles. The highest BCUT2D eigenvalue weighted by Gasteiger charge is 2.31. The first kappa shape index (κ1) is 14.8. The third-order valence-corrected chi connectivity index (χ3v) is 6.04. The summed E-state index contributed by atoms with van der Waals surface area (Å²) in [5.74, 6) is 0.579. The van der Waals surface area contributed by atoms with Crippen LogP contribution in [0, 0.1) is 5.92 Å². The van der Waals surface area contributed by atoms with E-state index in [1.54, 1.807) is 12.1 Å². The topological polar surface area (TPSA) is 75.4 Å². The third kappa shape index (κ3) is 3.07. The molecule has 0 aromatic heterocycles. The third-order valence-electron chi connectivity index (χ3n) is 4.50. The minimum atomic E-state index is -3.36. The van der Waals surface area contributed by atoms with Crippen molar-refractivity contribution in [2.24, 2.45) is 11.7 Å². The zero-order chi connectivity index (χ0) is 15.0. The van der Waals surface area contributed by atoms with Crippen LogP contribution in [0.4, 0.5) is 5.69 Å². The quantitative estimate of drug-likeness (QED) is 0.860. The standard InChI is InChI=1S/C15H23N3O2S/c1-11-8-9-18(15(11)10-16)13-4-6-14(7-5-13)21(19,20)17-12-2-3-12/h4-7,11-12,15,17H,2-3,8-10,16H2,1H3. The highest BCUT2D eigenvalue weighted by molar-refractivity contribution is 7.89. The second-order valence-corrected chi connectivity index (χ2v) is 7.87. The van der Waals surface area contributed by atoms with E-state index in [0.717, 1.165) is 31.5 Å². The van der Waals surface area contributed by atoms with E-state index in [0.29, 0.717) is 23.4 Å². The molecule has 116 valence electrons. The molecule has 0 radical (unpaired) electrons. The maximum absolute atomic E-state index is 12.1. The highest BCUT2D eigenvalue weighted by Crippen LogP contribution is 2.30. The van der Waals surface area contributed by atoms with Gasteiger partial charge in [0.2, 0.25) is 10.0 Å². The lowest BCUT2D eigenvalue weighted by Gasteiger charge is -2.28. The summed E-state index contributed by atoms with van der Waals surface area (Å²) >= 11 is 0. The number of nitrogens with one attached hydrogen (secondary N) is 1. The number of hydrogen-bond acceptors (Lipinski definition) is 4. The molecule has 2 fully saturated rings. The molecular weight excluding hydrogens is 286 g/mol. The van der Waals surface area contributed by atoms with Crippen molar-refractivity contribution in [1.29, 1.82) is 0 Å². The molecule has 2 unspecified atom stereocenters. The van der Waals surface area contributed by atoms with Gasteiger partial charge in [0, 0.05) is 30.9 Å². The van der Waals surface area contributed by atoms with Gasteiger partial charge in [-0.2, -0.15) is 0 Å². The summed E-state index contributed by atoms with van der Waals surface area (Å²) < 4.78 is 27.0. The molecule has 1 aliphatic heterocycles. The van der Waals surface area contributed by atoms with Gasteiger partial charge in [-0.25, -0.2) is 13.1 Å². The fourth-order valence-corrected chi connectivity index (χ4v) is 4.30. The van der Waals surface area contributed by atoms with Gasteiger partial charge in [0.15, 0.2) is 0 Å². The zero-order valence-corrected chi connectivity index (χ0v) is 13.1. The lowest BCUT2D eigenvalue weighted by Crippen LogP contribution is -2.38. The van der Waals surface area contributed by atoms with Crippen LogP contribution in [0.2, 0.25) is 0 Å². The van der Waals surface area contributed by atoms with Crippen molar-refractivity contribution in [1.82, 2.24) is 4.72 Å². The van der Waals surface area contributed by atoms with Crippen molar-refractivity contribution in [3.05, 3.63) is 24.3 Å². The molecule has 6 heteroatoms. The van der Waals surface area contributed by atoms with Gasteiger partial charge in [0.1, 0.15) is 0 Å². The Bertz CT molecular complexity index is 596. The van der Waals surface area contributed by atoms with Crippen molar-refractivity contribution in [2.45, 2.75) is 43.2 Å². The van der Waals surface area contributed by atoms with Gasteiger partial charge in [-0.15, -0.1) is 0 Å². The van der Waals surface area contributed by atoms with E-state index in [-0.39, 0.29) is 6.04 Å². The van der Waals surface area contributed by atoms with E-state index in [1.807, 2.05) is 12.1 Å². The minimum Gasteiger partial charge on any atom is -0.367 e. The first-order valence-corrected chi connectivity index (χ1v) is 9.08. The summed E-state index contributed by atoms with van der Waals surface area (Å²) in [6, 6.07) is 7.64. The number of hydrogen-bond donors (Lipinski definition) is 2. The van der Waals surface area contributed by atoms with Gasteiger partial charge in [-0.05, 0) is 49.4 Å².